The number of urea groups is 1. The maximum Gasteiger partial charge on any atom is 0.314 e. The predicted octanol–water partition coefficient (Wildman–Crippen LogP) is 2.35. The fourth-order valence-electron chi connectivity index (χ4n) is 2.94. The Labute approximate surface area is 147 Å². The van der Waals surface area contributed by atoms with Crippen molar-refractivity contribution < 1.29 is 4.79 Å². The van der Waals surface area contributed by atoms with Gasteiger partial charge < -0.3 is 10.6 Å². The van der Waals surface area contributed by atoms with E-state index in [4.69, 9.17) is 0 Å². The third kappa shape index (κ3) is 4.79. The van der Waals surface area contributed by atoms with Crippen molar-refractivity contribution in [1.82, 2.24) is 20.5 Å². The highest BCUT2D eigenvalue weighted by molar-refractivity contribution is 7.09. The van der Waals surface area contributed by atoms with E-state index in [1.165, 1.54) is 11.1 Å². The van der Waals surface area contributed by atoms with Gasteiger partial charge in [-0.15, -0.1) is 11.3 Å². The summed E-state index contributed by atoms with van der Waals surface area (Å²) in [4.78, 5) is 18.6. The molecule has 0 spiro atoms. The number of nitrogens with zero attached hydrogens (tertiary/aromatic N) is 2. The van der Waals surface area contributed by atoms with Gasteiger partial charge in [0, 0.05) is 50.2 Å². The summed E-state index contributed by atoms with van der Waals surface area (Å²) < 4.78 is 0. The Hall–Kier alpha value is -1.92. The van der Waals surface area contributed by atoms with E-state index in [9.17, 15) is 4.79 Å². The largest absolute Gasteiger partial charge is 0.338 e. The van der Waals surface area contributed by atoms with Gasteiger partial charge in [0.05, 0.1) is 5.01 Å². The minimum atomic E-state index is -0.0966. The smallest absolute Gasteiger partial charge is 0.314 e. The molecule has 128 valence electrons. The lowest BCUT2D eigenvalue weighted by molar-refractivity contribution is 0.231. The zero-order valence-corrected chi connectivity index (χ0v) is 14.9. The summed E-state index contributed by atoms with van der Waals surface area (Å²) in [5.74, 6) is 0. The van der Waals surface area contributed by atoms with Crippen LogP contribution in [0.3, 0.4) is 0 Å². The number of benzene rings is 1. The third-order valence-electron chi connectivity index (χ3n) is 4.21. The molecule has 5 nitrogen and oxygen atoms in total. The van der Waals surface area contributed by atoms with E-state index < -0.39 is 0 Å². The van der Waals surface area contributed by atoms with Crippen LogP contribution in [-0.4, -0.2) is 42.1 Å². The SMILES string of the molecule is Cc1csc(CCNC(=O)NCCN2CCc3ccccc3C2)n1. The van der Waals surface area contributed by atoms with E-state index in [0.29, 0.717) is 13.1 Å². The number of thiazole rings is 1. The number of hydrogen-bond acceptors (Lipinski definition) is 4. The molecule has 2 amide bonds. The van der Waals surface area contributed by atoms with Gasteiger partial charge in [0.15, 0.2) is 0 Å². The van der Waals surface area contributed by atoms with Gasteiger partial charge in [-0.3, -0.25) is 4.90 Å². The van der Waals surface area contributed by atoms with Crippen LogP contribution in [0.4, 0.5) is 4.79 Å². The zero-order valence-electron chi connectivity index (χ0n) is 14.0. The molecule has 6 heteroatoms. The molecule has 2 aromatic rings. The molecule has 0 bridgehead atoms. The maximum atomic E-state index is 11.8. The second-order valence-electron chi connectivity index (χ2n) is 6.11. The van der Waals surface area contributed by atoms with E-state index in [1.807, 2.05) is 12.3 Å². The maximum absolute atomic E-state index is 11.8. The van der Waals surface area contributed by atoms with Crippen molar-refractivity contribution in [3.63, 3.8) is 0 Å². The number of aryl methyl sites for hydroxylation is 1. The Kier molecular flexibility index (Phi) is 5.82. The van der Waals surface area contributed by atoms with Crippen molar-refractivity contribution in [2.24, 2.45) is 0 Å². The Bertz CT molecular complexity index is 685. The van der Waals surface area contributed by atoms with Crippen LogP contribution in [0.5, 0.6) is 0 Å². The highest BCUT2D eigenvalue weighted by Gasteiger charge is 2.15. The third-order valence-corrected chi connectivity index (χ3v) is 5.24. The highest BCUT2D eigenvalue weighted by atomic mass is 32.1. The molecule has 2 heterocycles. The first-order valence-corrected chi connectivity index (χ1v) is 9.30. The van der Waals surface area contributed by atoms with Gasteiger partial charge in [-0.05, 0) is 24.5 Å². The van der Waals surface area contributed by atoms with E-state index in [2.05, 4.69) is 44.8 Å². The average Bonchev–Trinajstić information content (AvgIpc) is 3.00. The van der Waals surface area contributed by atoms with Crippen LogP contribution in [0.2, 0.25) is 0 Å². The lowest BCUT2D eigenvalue weighted by Gasteiger charge is -2.28. The highest BCUT2D eigenvalue weighted by Crippen LogP contribution is 2.17. The monoisotopic (exact) mass is 344 g/mol. The van der Waals surface area contributed by atoms with Crippen LogP contribution in [-0.2, 0) is 19.4 Å². The van der Waals surface area contributed by atoms with Gasteiger partial charge in [-0.1, -0.05) is 24.3 Å². The number of carbonyl (C=O) groups is 1. The minimum Gasteiger partial charge on any atom is -0.338 e. The number of carbonyl (C=O) groups excluding carboxylic acids is 1. The minimum absolute atomic E-state index is 0.0966. The number of rotatable bonds is 6. The Balaban J connectivity index is 1.31. The van der Waals surface area contributed by atoms with E-state index in [1.54, 1.807) is 11.3 Å². The predicted molar refractivity (Wildman–Crippen MR) is 97.4 cm³/mol. The van der Waals surface area contributed by atoms with Crippen LogP contribution in [0.1, 0.15) is 21.8 Å². The van der Waals surface area contributed by atoms with E-state index >= 15 is 0 Å². The van der Waals surface area contributed by atoms with Crippen molar-refractivity contribution in [3.8, 4) is 0 Å². The fourth-order valence-corrected chi connectivity index (χ4v) is 3.71. The first-order valence-electron chi connectivity index (χ1n) is 8.42. The number of nitrogens with one attached hydrogen (secondary N) is 2. The van der Waals surface area contributed by atoms with Crippen LogP contribution >= 0.6 is 11.3 Å². The van der Waals surface area contributed by atoms with Gasteiger partial charge in [0.1, 0.15) is 0 Å². The van der Waals surface area contributed by atoms with Gasteiger partial charge in [0.2, 0.25) is 0 Å². The van der Waals surface area contributed by atoms with Crippen LogP contribution in [0, 0.1) is 6.92 Å². The molecule has 0 unspecified atom stereocenters. The van der Waals surface area contributed by atoms with Crippen molar-refractivity contribution in [1.29, 1.82) is 0 Å². The summed E-state index contributed by atoms with van der Waals surface area (Å²) in [6.45, 7) is 6.19. The second-order valence-corrected chi connectivity index (χ2v) is 7.05. The number of fused-ring (bicyclic) bond motifs is 1. The molecular weight excluding hydrogens is 320 g/mol. The normalized spacial score (nSPS) is 14.2. The molecule has 1 aromatic heterocycles. The summed E-state index contributed by atoms with van der Waals surface area (Å²) in [6.07, 6.45) is 1.88. The first kappa shape index (κ1) is 16.9. The second kappa shape index (κ2) is 8.26. The van der Waals surface area contributed by atoms with Crippen molar-refractivity contribution >= 4 is 17.4 Å². The van der Waals surface area contributed by atoms with Gasteiger partial charge in [-0.2, -0.15) is 0 Å². The molecule has 1 aliphatic rings. The number of aromatic nitrogens is 1. The van der Waals surface area contributed by atoms with E-state index in [-0.39, 0.29) is 6.03 Å². The Morgan fingerprint density at radius 2 is 2.04 bits per heavy atom. The number of hydrogen-bond donors (Lipinski definition) is 2. The molecule has 2 N–H and O–H groups in total. The molecule has 1 aliphatic heterocycles. The molecule has 0 radical (unpaired) electrons. The lowest BCUT2D eigenvalue weighted by atomic mass is 10.00. The summed E-state index contributed by atoms with van der Waals surface area (Å²) >= 11 is 1.64. The molecule has 0 saturated heterocycles. The molecule has 3 rings (SSSR count). The first-order chi connectivity index (χ1) is 11.7. The topological polar surface area (TPSA) is 57.3 Å². The molecule has 1 aromatic carbocycles. The summed E-state index contributed by atoms with van der Waals surface area (Å²) in [7, 11) is 0. The van der Waals surface area contributed by atoms with Crippen LogP contribution in [0.15, 0.2) is 29.6 Å². The fraction of sp³-hybridized carbons (Fsp3) is 0.444. The van der Waals surface area contributed by atoms with Gasteiger partial charge in [0.25, 0.3) is 0 Å². The molecule has 0 atom stereocenters. The molecular formula is C18H24N4OS. The lowest BCUT2D eigenvalue weighted by Crippen LogP contribution is -2.42. The van der Waals surface area contributed by atoms with Gasteiger partial charge in [-0.25, -0.2) is 9.78 Å². The van der Waals surface area contributed by atoms with Crippen molar-refractivity contribution in [3.05, 3.63) is 51.5 Å². The van der Waals surface area contributed by atoms with Gasteiger partial charge >= 0.3 is 6.03 Å². The number of amides is 2. The standard InChI is InChI=1S/C18H24N4OS/c1-14-13-24-17(21-14)6-8-19-18(23)20-9-11-22-10-7-15-4-2-3-5-16(15)12-22/h2-5,13H,6-12H2,1H3,(H2,19,20,23). The average molecular weight is 344 g/mol. The molecule has 0 fully saturated rings. The van der Waals surface area contributed by atoms with E-state index in [0.717, 1.165) is 43.2 Å². The molecule has 0 saturated carbocycles. The van der Waals surface area contributed by atoms with Crippen LogP contribution in [0.25, 0.3) is 0 Å². The van der Waals surface area contributed by atoms with Crippen molar-refractivity contribution in [2.45, 2.75) is 26.3 Å². The summed E-state index contributed by atoms with van der Waals surface area (Å²) in [6, 6.07) is 8.51. The molecule has 0 aliphatic carbocycles. The van der Waals surface area contributed by atoms with Crippen LogP contribution < -0.4 is 10.6 Å². The summed E-state index contributed by atoms with van der Waals surface area (Å²) in [5.41, 5.74) is 3.91. The van der Waals surface area contributed by atoms with Crippen molar-refractivity contribution in [2.75, 3.05) is 26.2 Å². The quantitative estimate of drug-likeness (QED) is 0.846. The molecule has 24 heavy (non-hydrogen) atoms. The zero-order chi connectivity index (χ0) is 16.8. The Morgan fingerprint density at radius 1 is 1.25 bits per heavy atom. The Morgan fingerprint density at radius 3 is 2.83 bits per heavy atom. The summed E-state index contributed by atoms with van der Waals surface area (Å²) in [5, 5.41) is 8.93.